The Bertz CT molecular complexity index is 842. The average Bonchev–Trinajstić information content (AvgIpc) is 3.02. The standard InChI is InChI=1S/C15H12N6O/c22-15-14-6-13(20-21(14)4-3-19-15)10-1-2-18-12(5-10)11-7-16-9-17-8-11/h1-2,5-9H,3-4H2,(H,19,22). The van der Waals surface area contributed by atoms with Crippen molar-refractivity contribution >= 4 is 5.91 Å². The van der Waals surface area contributed by atoms with Crippen LogP contribution in [-0.4, -0.2) is 37.2 Å². The maximum atomic E-state index is 11.8. The first-order chi connectivity index (χ1) is 10.8. The molecule has 0 radical (unpaired) electrons. The third-order valence-electron chi connectivity index (χ3n) is 3.53. The van der Waals surface area contributed by atoms with Gasteiger partial charge in [-0.2, -0.15) is 5.10 Å². The average molecular weight is 292 g/mol. The first kappa shape index (κ1) is 12.6. The Balaban J connectivity index is 1.76. The predicted octanol–water partition coefficient (Wildman–Crippen LogP) is 1.15. The topological polar surface area (TPSA) is 85.6 Å². The van der Waals surface area contributed by atoms with Crippen LogP contribution in [-0.2, 0) is 6.54 Å². The van der Waals surface area contributed by atoms with Gasteiger partial charge in [-0.3, -0.25) is 14.5 Å². The Labute approximate surface area is 126 Å². The van der Waals surface area contributed by atoms with E-state index in [1.807, 2.05) is 12.1 Å². The van der Waals surface area contributed by atoms with Crippen LogP contribution < -0.4 is 5.32 Å². The molecule has 0 atom stereocenters. The van der Waals surface area contributed by atoms with Gasteiger partial charge in [0, 0.05) is 36.3 Å². The summed E-state index contributed by atoms with van der Waals surface area (Å²) in [5.74, 6) is -0.0873. The minimum absolute atomic E-state index is 0.0873. The third kappa shape index (κ3) is 2.12. The number of fused-ring (bicyclic) bond motifs is 1. The normalized spacial score (nSPS) is 13.5. The Kier molecular flexibility index (Phi) is 2.89. The lowest BCUT2D eigenvalue weighted by Crippen LogP contribution is -2.35. The Morgan fingerprint density at radius 3 is 2.77 bits per heavy atom. The molecule has 1 aliphatic rings. The van der Waals surface area contributed by atoms with Crippen molar-refractivity contribution in [3.63, 3.8) is 0 Å². The fourth-order valence-corrected chi connectivity index (χ4v) is 2.46. The number of hydrogen-bond acceptors (Lipinski definition) is 5. The van der Waals surface area contributed by atoms with E-state index in [0.717, 1.165) is 22.5 Å². The zero-order valence-electron chi connectivity index (χ0n) is 11.6. The second-order valence-corrected chi connectivity index (χ2v) is 4.95. The number of carbonyl (C=O) groups excluding carboxylic acids is 1. The number of nitrogens with one attached hydrogen (secondary N) is 1. The van der Waals surface area contributed by atoms with Crippen molar-refractivity contribution in [3.8, 4) is 22.5 Å². The van der Waals surface area contributed by atoms with Gasteiger partial charge in [0.05, 0.1) is 17.9 Å². The summed E-state index contributed by atoms with van der Waals surface area (Å²) >= 11 is 0. The molecule has 0 spiro atoms. The van der Waals surface area contributed by atoms with Crippen molar-refractivity contribution < 1.29 is 4.79 Å². The molecule has 3 aromatic rings. The van der Waals surface area contributed by atoms with Gasteiger partial charge in [0.15, 0.2) is 0 Å². The molecule has 4 heterocycles. The van der Waals surface area contributed by atoms with E-state index < -0.39 is 0 Å². The van der Waals surface area contributed by atoms with Gasteiger partial charge in [0.2, 0.25) is 0 Å². The molecule has 1 aliphatic heterocycles. The maximum Gasteiger partial charge on any atom is 0.269 e. The van der Waals surface area contributed by atoms with Gasteiger partial charge in [0.25, 0.3) is 5.91 Å². The van der Waals surface area contributed by atoms with Gasteiger partial charge >= 0.3 is 0 Å². The third-order valence-corrected chi connectivity index (χ3v) is 3.53. The maximum absolute atomic E-state index is 11.8. The van der Waals surface area contributed by atoms with E-state index in [4.69, 9.17) is 0 Å². The number of amides is 1. The molecule has 0 saturated carbocycles. The highest BCUT2D eigenvalue weighted by atomic mass is 16.2. The van der Waals surface area contributed by atoms with Gasteiger partial charge in [-0.1, -0.05) is 0 Å². The van der Waals surface area contributed by atoms with Crippen LogP contribution in [0.3, 0.4) is 0 Å². The van der Waals surface area contributed by atoms with Crippen LogP contribution in [0.4, 0.5) is 0 Å². The molecule has 0 saturated heterocycles. The molecule has 108 valence electrons. The number of nitrogens with zero attached hydrogens (tertiary/aromatic N) is 5. The molecule has 0 aromatic carbocycles. The predicted molar refractivity (Wildman–Crippen MR) is 78.8 cm³/mol. The van der Waals surface area contributed by atoms with E-state index in [9.17, 15) is 4.79 Å². The lowest BCUT2D eigenvalue weighted by atomic mass is 10.1. The molecule has 3 aromatic heterocycles. The van der Waals surface area contributed by atoms with Crippen molar-refractivity contribution in [2.24, 2.45) is 0 Å². The summed E-state index contributed by atoms with van der Waals surface area (Å²) in [5.41, 5.74) is 3.86. The quantitative estimate of drug-likeness (QED) is 0.765. The lowest BCUT2D eigenvalue weighted by Gasteiger charge is -2.13. The van der Waals surface area contributed by atoms with E-state index in [-0.39, 0.29) is 5.91 Å². The van der Waals surface area contributed by atoms with Crippen molar-refractivity contribution in [1.29, 1.82) is 0 Å². The Hall–Kier alpha value is -3.09. The van der Waals surface area contributed by atoms with Crippen molar-refractivity contribution in [1.82, 2.24) is 30.0 Å². The number of pyridine rings is 1. The minimum Gasteiger partial charge on any atom is -0.349 e. The first-order valence-corrected chi connectivity index (χ1v) is 6.89. The molecular formula is C15H12N6O. The highest BCUT2D eigenvalue weighted by Crippen LogP contribution is 2.24. The molecular weight excluding hydrogens is 280 g/mol. The number of hydrogen-bond donors (Lipinski definition) is 1. The zero-order chi connectivity index (χ0) is 14.9. The van der Waals surface area contributed by atoms with Crippen LogP contribution in [0.1, 0.15) is 10.5 Å². The Morgan fingerprint density at radius 1 is 1.09 bits per heavy atom. The highest BCUT2D eigenvalue weighted by Gasteiger charge is 2.19. The van der Waals surface area contributed by atoms with Gasteiger partial charge in [-0.25, -0.2) is 9.97 Å². The summed E-state index contributed by atoms with van der Waals surface area (Å²) in [6.45, 7) is 1.29. The number of carbonyl (C=O) groups is 1. The van der Waals surface area contributed by atoms with Crippen LogP contribution in [0.15, 0.2) is 43.1 Å². The molecule has 4 rings (SSSR count). The fraction of sp³-hybridized carbons (Fsp3) is 0.133. The summed E-state index contributed by atoms with van der Waals surface area (Å²) in [6.07, 6.45) is 6.63. The molecule has 0 unspecified atom stereocenters. The van der Waals surface area contributed by atoms with Crippen LogP contribution in [0, 0.1) is 0 Å². The van der Waals surface area contributed by atoms with Crippen molar-refractivity contribution in [2.45, 2.75) is 6.54 Å². The molecule has 7 heteroatoms. The lowest BCUT2D eigenvalue weighted by molar-refractivity contribution is 0.0924. The molecule has 1 amide bonds. The van der Waals surface area contributed by atoms with Crippen molar-refractivity contribution in [3.05, 3.63) is 48.8 Å². The highest BCUT2D eigenvalue weighted by molar-refractivity contribution is 5.94. The summed E-state index contributed by atoms with van der Waals surface area (Å²) < 4.78 is 1.74. The van der Waals surface area contributed by atoms with Gasteiger partial charge in [-0.05, 0) is 18.2 Å². The molecule has 22 heavy (non-hydrogen) atoms. The van der Waals surface area contributed by atoms with Crippen LogP contribution in [0.25, 0.3) is 22.5 Å². The van der Waals surface area contributed by atoms with E-state index in [1.165, 1.54) is 6.33 Å². The molecule has 1 N–H and O–H groups in total. The summed E-state index contributed by atoms with van der Waals surface area (Å²) in [4.78, 5) is 24.2. The van der Waals surface area contributed by atoms with E-state index in [1.54, 1.807) is 29.3 Å². The largest absolute Gasteiger partial charge is 0.349 e. The van der Waals surface area contributed by atoms with Crippen LogP contribution >= 0.6 is 0 Å². The van der Waals surface area contributed by atoms with Gasteiger partial charge in [0.1, 0.15) is 12.0 Å². The monoisotopic (exact) mass is 292 g/mol. The van der Waals surface area contributed by atoms with E-state index in [0.29, 0.717) is 18.8 Å². The zero-order valence-corrected chi connectivity index (χ0v) is 11.6. The van der Waals surface area contributed by atoms with Gasteiger partial charge in [-0.15, -0.1) is 0 Å². The molecule has 7 nitrogen and oxygen atoms in total. The molecule has 0 aliphatic carbocycles. The Morgan fingerprint density at radius 2 is 1.95 bits per heavy atom. The molecule has 0 bridgehead atoms. The first-order valence-electron chi connectivity index (χ1n) is 6.89. The second kappa shape index (κ2) is 5.03. The summed E-state index contributed by atoms with van der Waals surface area (Å²) in [7, 11) is 0. The fourth-order valence-electron chi connectivity index (χ4n) is 2.46. The van der Waals surface area contributed by atoms with Crippen LogP contribution in [0.5, 0.6) is 0 Å². The smallest absolute Gasteiger partial charge is 0.269 e. The van der Waals surface area contributed by atoms with E-state index >= 15 is 0 Å². The van der Waals surface area contributed by atoms with Gasteiger partial charge < -0.3 is 5.32 Å². The molecule has 0 fully saturated rings. The minimum atomic E-state index is -0.0873. The second-order valence-electron chi connectivity index (χ2n) is 4.95. The number of rotatable bonds is 2. The van der Waals surface area contributed by atoms with Crippen molar-refractivity contribution in [2.75, 3.05) is 6.54 Å². The summed E-state index contributed by atoms with van der Waals surface area (Å²) in [6, 6.07) is 5.60. The number of aromatic nitrogens is 5. The SMILES string of the molecule is O=C1NCCn2nc(-c3ccnc(-c4cncnc4)c3)cc21. The van der Waals surface area contributed by atoms with E-state index in [2.05, 4.69) is 25.4 Å². The summed E-state index contributed by atoms with van der Waals surface area (Å²) in [5, 5.41) is 7.31. The van der Waals surface area contributed by atoms with Crippen LogP contribution in [0.2, 0.25) is 0 Å².